The van der Waals surface area contributed by atoms with Crippen LogP contribution in [0, 0.1) is 12.7 Å². The topological polar surface area (TPSA) is 34.2 Å². The maximum Gasteiger partial charge on any atom is 0.218 e. The average molecular weight is 288 g/mol. The molecule has 1 aromatic carbocycles. The molecular weight excluding hydrogens is 267 g/mol. The van der Waals surface area contributed by atoms with E-state index in [1.165, 1.54) is 0 Å². The Kier molecular flexibility index (Phi) is 5.28. The maximum atomic E-state index is 13.5. The fraction of sp³-hybridized carbons (Fsp3) is 0.353. The van der Waals surface area contributed by atoms with E-state index in [-0.39, 0.29) is 11.9 Å². The van der Waals surface area contributed by atoms with Crippen LogP contribution in [-0.2, 0) is 13.1 Å². The van der Waals surface area contributed by atoms with Crippen molar-refractivity contribution in [3.05, 3.63) is 59.0 Å². The molecule has 1 aromatic heterocycles. The van der Waals surface area contributed by atoms with Crippen molar-refractivity contribution in [1.82, 2.24) is 10.3 Å². The Labute approximate surface area is 125 Å². The Bertz CT molecular complexity index is 599. The van der Waals surface area contributed by atoms with Crippen LogP contribution in [0.1, 0.15) is 30.5 Å². The van der Waals surface area contributed by atoms with Crippen molar-refractivity contribution in [2.45, 2.75) is 40.0 Å². The van der Waals surface area contributed by atoms with Crippen molar-refractivity contribution in [3.63, 3.8) is 0 Å². The highest BCUT2D eigenvalue weighted by Crippen LogP contribution is 2.16. The average Bonchev–Trinajstić information content (AvgIpc) is 2.44. The summed E-state index contributed by atoms with van der Waals surface area (Å²) in [5, 5.41) is 3.29. The van der Waals surface area contributed by atoms with Gasteiger partial charge >= 0.3 is 0 Å². The Morgan fingerprint density at radius 3 is 2.76 bits per heavy atom. The van der Waals surface area contributed by atoms with Gasteiger partial charge in [-0.1, -0.05) is 18.2 Å². The van der Waals surface area contributed by atoms with Crippen LogP contribution in [0.25, 0.3) is 0 Å². The standard InChI is InChI=1S/C17H21FN2O/c1-12(2)21-17-15(5-4-8-20-17)11-19-10-14-7-6-13(3)16(18)9-14/h4-9,12,19H,10-11H2,1-3H3. The third kappa shape index (κ3) is 4.53. The Balaban J connectivity index is 1.95. The normalized spacial score (nSPS) is 10.9. The number of hydrogen-bond donors (Lipinski definition) is 1. The molecule has 1 N–H and O–H groups in total. The van der Waals surface area contributed by atoms with Crippen molar-refractivity contribution in [2.24, 2.45) is 0 Å². The molecular formula is C17H21FN2O. The van der Waals surface area contributed by atoms with Crippen molar-refractivity contribution < 1.29 is 9.13 Å². The number of aryl methyl sites for hydroxylation is 1. The van der Waals surface area contributed by atoms with Crippen LogP contribution in [0.15, 0.2) is 36.5 Å². The smallest absolute Gasteiger partial charge is 0.218 e. The number of halogens is 1. The van der Waals surface area contributed by atoms with E-state index >= 15 is 0 Å². The molecule has 0 radical (unpaired) electrons. The molecule has 2 aromatic rings. The third-order valence-corrected chi connectivity index (χ3v) is 3.08. The molecule has 0 spiro atoms. The van der Waals surface area contributed by atoms with Crippen LogP contribution in [0.2, 0.25) is 0 Å². The molecule has 1 heterocycles. The van der Waals surface area contributed by atoms with Crippen molar-refractivity contribution in [3.8, 4) is 5.88 Å². The molecule has 0 atom stereocenters. The third-order valence-electron chi connectivity index (χ3n) is 3.08. The molecule has 0 amide bonds. The molecule has 3 nitrogen and oxygen atoms in total. The minimum absolute atomic E-state index is 0.0878. The van der Waals surface area contributed by atoms with Gasteiger partial charge in [-0.2, -0.15) is 0 Å². The minimum Gasteiger partial charge on any atom is -0.475 e. The zero-order valence-electron chi connectivity index (χ0n) is 12.7. The quantitative estimate of drug-likeness (QED) is 0.881. The molecule has 112 valence electrons. The van der Waals surface area contributed by atoms with Gasteiger partial charge in [-0.05, 0) is 44.0 Å². The van der Waals surface area contributed by atoms with Crippen LogP contribution in [0.3, 0.4) is 0 Å². The van der Waals surface area contributed by atoms with Gasteiger partial charge < -0.3 is 10.1 Å². The summed E-state index contributed by atoms with van der Waals surface area (Å²) in [6.07, 6.45) is 1.81. The van der Waals surface area contributed by atoms with E-state index in [1.54, 1.807) is 25.3 Å². The highest BCUT2D eigenvalue weighted by atomic mass is 19.1. The number of pyridine rings is 1. The van der Waals surface area contributed by atoms with E-state index in [2.05, 4.69) is 10.3 Å². The van der Waals surface area contributed by atoms with Gasteiger partial charge in [0.05, 0.1) is 6.10 Å². The fourth-order valence-electron chi connectivity index (χ4n) is 1.98. The first-order valence-corrected chi connectivity index (χ1v) is 7.12. The zero-order chi connectivity index (χ0) is 15.2. The number of rotatable bonds is 6. The first kappa shape index (κ1) is 15.4. The molecule has 0 aliphatic carbocycles. The Hall–Kier alpha value is -1.94. The minimum atomic E-state index is -0.167. The van der Waals surface area contributed by atoms with Gasteiger partial charge in [0.1, 0.15) is 5.82 Å². The Morgan fingerprint density at radius 2 is 2.05 bits per heavy atom. The number of ether oxygens (including phenoxy) is 1. The SMILES string of the molecule is Cc1ccc(CNCc2cccnc2OC(C)C)cc1F. The number of hydrogen-bond acceptors (Lipinski definition) is 3. The molecule has 0 aliphatic heterocycles. The van der Waals surface area contributed by atoms with E-state index in [1.807, 2.05) is 32.0 Å². The van der Waals surface area contributed by atoms with Gasteiger partial charge in [0.2, 0.25) is 5.88 Å². The molecule has 0 unspecified atom stereocenters. The summed E-state index contributed by atoms with van der Waals surface area (Å²) in [5.41, 5.74) is 2.59. The molecule has 0 bridgehead atoms. The van der Waals surface area contributed by atoms with Crippen LogP contribution >= 0.6 is 0 Å². The van der Waals surface area contributed by atoms with E-state index in [4.69, 9.17) is 4.74 Å². The monoisotopic (exact) mass is 288 g/mol. The summed E-state index contributed by atoms with van der Waals surface area (Å²) in [5.74, 6) is 0.481. The molecule has 21 heavy (non-hydrogen) atoms. The summed E-state index contributed by atoms with van der Waals surface area (Å²) in [6.45, 7) is 6.94. The van der Waals surface area contributed by atoms with Gasteiger partial charge in [-0.3, -0.25) is 0 Å². The zero-order valence-corrected chi connectivity index (χ0v) is 12.7. The summed E-state index contributed by atoms with van der Waals surface area (Å²) < 4.78 is 19.2. The van der Waals surface area contributed by atoms with Crippen LogP contribution < -0.4 is 10.1 Å². The number of benzene rings is 1. The molecule has 2 rings (SSSR count). The largest absolute Gasteiger partial charge is 0.475 e. The van der Waals surface area contributed by atoms with Gasteiger partial charge in [-0.25, -0.2) is 9.37 Å². The van der Waals surface area contributed by atoms with Crippen LogP contribution in [0.4, 0.5) is 4.39 Å². The summed E-state index contributed by atoms with van der Waals surface area (Å²) in [6, 6.07) is 9.16. The van der Waals surface area contributed by atoms with Crippen molar-refractivity contribution in [1.29, 1.82) is 0 Å². The number of nitrogens with zero attached hydrogens (tertiary/aromatic N) is 1. The van der Waals surface area contributed by atoms with E-state index < -0.39 is 0 Å². The molecule has 0 aliphatic rings. The number of aromatic nitrogens is 1. The predicted molar refractivity (Wildman–Crippen MR) is 81.7 cm³/mol. The van der Waals surface area contributed by atoms with Gasteiger partial charge in [0.25, 0.3) is 0 Å². The number of nitrogens with one attached hydrogen (secondary N) is 1. The lowest BCUT2D eigenvalue weighted by atomic mass is 10.1. The molecule has 0 saturated heterocycles. The van der Waals surface area contributed by atoms with Crippen molar-refractivity contribution in [2.75, 3.05) is 0 Å². The molecule has 0 fully saturated rings. The first-order valence-electron chi connectivity index (χ1n) is 7.12. The first-order chi connectivity index (χ1) is 10.1. The summed E-state index contributed by atoms with van der Waals surface area (Å²) >= 11 is 0. The van der Waals surface area contributed by atoms with Gasteiger partial charge in [-0.15, -0.1) is 0 Å². The van der Waals surface area contributed by atoms with E-state index in [0.29, 0.717) is 24.5 Å². The summed E-state index contributed by atoms with van der Waals surface area (Å²) in [7, 11) is 0. The second-order valence-electron chi connectivity index (χ2n) is 5.32. The predicted octanol–water partition coefficient (Wildman–Crippen LogP) is 3.61. The van der Waals surface area contributed by atoms with Gasteiger partial charge in [0, 0.05) is 24.8 Å². The van der Waals surface area contributed by atoms with Crippen LogP contribution in [-0.4, -0.2) is 11.1 Å². The van der Waals surface area contributed by atoms with E-state index in [9.17, 15) is 4.39 Å². The highest BCUT2D eigenvalue weighted by Gasteiger charge is 2.06. The van der Waals surface area contributed by atoms with Crippen molar-refractivity contribution >= 4 is 0 Å². The van der Waals surface area contributed by atoms with Gasteiger partial charge in [0.15, 0.2) is 0 Å². The molecule has 0 saturated carbocycles. The fourth-order valence-corrected chi connectivity index (χ4v) is 1.98. The lowest BCUT2D eigenvalue weighted by Crippen LogP contribution is -2.16. The highest BCUT2D eigenvalue weighted by molar-refractivity contribution is 5.26. The van der Waals surface area contributed by atoms with E-state index in [0.717, 1.165) is 11.1 Å². The van der Waals surface area contributed by atoms with Crippen LogP contribution in [0.5, 0.6) is 5.88 Å². The maximum absolute atomic E-state index is 13.5. The molecule has 4 heteroatoms. The summed E-state index contributed by atoms with van der Waals surface area (Å²) in [4.78, 5) is 4.25. The lowest BCUT2D eigenvalue weighted by molar-refractivity contribution is 0.229. The lowest BCUT2D eigenvalue weighted by Gasteiger charge is -2.13. The second-order valence-corrected chi connectivity index (χ2v) is 5.32. The second kappa shape index (κ2) is 7.18. The Morgan fingerprint density at radius 1 is 1.24 bits per heavy atom.